The fourth-order valence-electron chi connectivity index (χ4n) is 2.39. The molecule has 2 aromatic heterocycles. The molecule has 1 aromatic carbocycles. The minimum atomic E-state index is -0.293. The summed E-state index contributed by atoms with van der Waals surface area (Å²) < 4.78 is 1.81. The van der Waals surface area contributed by atoms with Gasteiger partial charge in [-0.1, -0.05) is 36.4 Å². The highest BCUT2D eigenvalue weighted by molar-refractivity contribution is 6.02. The van der Waals surface area contributed by atoms with Gasteiger partial charge >= 0.3 is 0 Å². The number of anilines is 1. The van der Waals surface area contributed by atoms with E-state index in [1.807, 2.05) is 48.1 Å². The summed E-state index contributed by atoms with van der Waals surface area (Å²) in [5.41, 5.74) is 8.61. The normalized spacial score (nSPS) is 10.6. The van der Waals surface area contributed by atoms with Gasteiger partial charge in [-0.05, 0) is 24.6 Å². The number of nitrogens with one attached hydrogen (secondary N) is 1. The van der Waals surface area contributed by atoms with Gasteiger partial charge in [-0.2, -0.15) is 5.10 Å². The molecule has 6 nitrogen and oxygen atoms in total. The highest BCUT2D eigenvalue weighted by Crippen LogP contribution is 2.14. The fraction of sp³-hybridized carbons (Fsp3) is 0.167. The largest absolute Gasteiger partial charge is 0.325 e. The van der Waals surface area contributed by atoms with Crippen LogP contribution in [-0.4, -0.2) is 20.7 Å². The third-order valence-corrected chi connectivity index (χ3v) is 3.61. The number of benzene rings is 1. The lowest BCUT2D eigenvalue weighted by Crippen LogP contribution is -2.16. The number of amides is 1. The maximum Gasteiger partial charge on any atom is 0.275 e. The Labute approximate surface area is 140 Å². The summed E-state index contributed by atoms with van der Waals surface area (Å²) >= 11 is 0. The van der Waals surface area contributed by atoms with Crippen molar-refractivity contribution in [3.8, 4) is 0 Å². The van der Waals surface area contributed by atoms with E-state index in [0.717, 1.165) is 11.1 Å². The number of carbonyl (C=O) groups excluding carboxylic acids is 1. The summed E-state index contributed by atoms with van der Waals surface area (Å²) in [4.78, 5) is 16.6. The van der Waals surface area contributed by atoms with Crippen LogP contribution >= 0.6 is 0 Å². The molecule has 2 heterocycles. The zero-order valence-electron chi connectivity index (χ0n) is 13.4. The molecule has 0 aliphatic rings. The molecule has 0 unspecified atom stereocenters. The van der Waals surface area contributed by atoms with Gasteiger partial charge in [0.25, 0.3) is 5.91 Å². The van der Waals surface area contributed by atoms with E-state index in [2.05, 4.69) is 15.4 Å². The van der Waals surface area contributed by atoms with Crippen LogP contribution in [-0.2, 0) is 13.1 Å². The van der Waals surface area contributed by atoms with Crippen LogP contribution in [0.3, 0.4) is 0 Å². The Morgan fingerprint density at radius 3 is 2.71 bits per heavy atom. The highest BCUT2D eigenvalue weighted by Gasteiger charge is 2.12. The van der Waals surface area contributed by atoms with Gasteiger partial charge < -0.3 is 11.1 Å². The van der Waals surface area contributed by atoms with Crippen LogP contribution in [0.4, 0.5) is 5.82 Å². The zero-order valence-corrected chi connectivity index (χ0v) is 13.4. The third kappa shape index (κ3) is 3.67. The standard InChI is InChI=1S/C18H19N5O/c1-13-11-23(12-14-6-3-2-4-7-14)22-17(13)21-18(24)16-9-5-8-15(10-19)20-16/h2-9,11H,10,12,19H2,1H3,(H,21,22,24). The molecule has 0 saturated heterocycles. The van der Waals surface area contributed by atoms with Crippen molar-refractivity contribution >= 4 is 11.7 Å². The topological polar surface area (TPSA) is 85.8 Å². The Hall–Kier alpha value is -2.99. The van der Waals surface area contributed by atoms with Crippen LogP contribution in [0.1, 0.15) is 27.3 Å². The lowest BCUT2D eigenvalue weighted by atomic mass is 10.2. The Kier molecular flexibility index (Phi) is 4.67. The average molecular weight is 321 g/mol. The molecule has 24 heavy (non-hydrogen) atoms. The van der Waals surface area contributed by atoms with Gasteiger partial charge in [-0.15, -0.1) is 0 Å². The van der Waals surface area contributed by atoms with Crippen molar-refractivity contribution < 1.29 is 4.79 Å². The molecule has 122 valence electrons. The van der Waals surface area contributed by atoms with Crippen molar-refractivity contribution in [2.75, 3.05) is 5.32 Å². The Balaban J connectivity index is 1.74. The van der Waals surface area contributed by atoms with Crippen molar-refractivity contribution in [1.82, 2.24) is 14.8 Å². The van der Waals surface area contributed by atoms with Gasteiger partial charge in [0.15, 0.2) is 5.82 Å². The molecule has 0 bridgehead atoms. The predicted molar refractivity (Wildman–Crippen MR) is 92.6 cm³/mol. The second-order valence-corrected chi connectivity index (χ2v) is 5.52. The third-order valence-electron chi connectivity index (χ3n) is 3.61. The van der Waals surface area contributed by atoms with Gasteiger partial charge in [0.05, 0.1) is 12.2 Å². The monoisotopic (exact) mass is 321 g/mol. The summed E-state index contributed by atoms with van der Waals surface area (Å²) in [6.45, 7) is 2.86. The van der Waals surface area contributed by atoms with Gasteiger partial charge in [-0.25, -0.2) is 4.98 Å². The number of pyridine rings is 1. The minimum Gasteiger partial charge on any atom is -0.325 e. The molecule has 0 aliphatic heterocycles. The van der Waals surface area contributed by atoms with Crippen molar-refractivity contribution in [2.45, 2.75) is 20.0 Å². The van der Waals surface area contributed by atoms with Crippen LogP contribution in [0, 0.1) is 6.92 Å². The van der Waals surface area contributed by atoms with E-state index in [0.29, 0.717) is 30.3 Å². The molecular formula is C18H19N5O. The van der Waals surface area contributed by atoms with E-state index in [1.165, 1.54) is 0 Å². The number of hydrogen-bond donors (Lipinski definition) is 2. The summed E-state index contributed by atoms with van der Waals surface area (Å²) in [6, 6.07) is 15.3. The second kappa shape index (κ2) is 7.06. The van der Waals surface area contributed by atoms with Crippen molar-refractivity contribution in [3.05, 3.63) is 77.2 Å². The number of nitrogens with two attached hydrogens (primary N) is 1. The molecule has 0 fully saturated rings. The molecule has 0 radical (unpaired) electrons. The van der Waals surface area contributed by atoms with E-state index in [-0.39, 0.29) is 5.91 Å². The zero-order chi connectivity index (χ0) is 16.9. The number of rotatable bonds is 5. The van der Waals surface area contributed by atoms with E-state index in [4.69, 9.17) is 5.73 Å². The van der Waals surface area contributed by atoms with Crippen LogP contribution < -0.4 is 11.1 Å². The number of nitrogens with zero attached hydrogens (tertiary/aromatic N) is 3. The first-order valence-electron chi connectivity index (χ1n) is 7.71. The first-order chi connectivity index (χ1) is 11.7. The molecular weight excluding hydrogens is 302 g/mol. The molecule has 3 aromatic rings. The SMILES string of the molecule is Cc1cn(Cc2ccccc2)nc1NC(=O)c1cccc(CN)n1. The van der Waals surface area contributed by atoms with Crippen LogP contribution in [0.15, 0.2) is 54.7 Å². The molecule has 3 rings (SSSR count). The van der Waals surface area contributed by atoms with Gasteiger partial charge in [-0.3, -0.25) is 9.48 Å². The minimum absolute atomic E-state index is 0.293. The fourth-order valence-corrected chi connectivity index (χ4v) is 2.39. The molecule has 3 N–H and O–H groups in total. The van der Waals surface area contributed by atoms with Crippen molar-refractivity contribution in [1.29, 1.82) is 0 Å². The van der Waals surface area contributed by atoms with Gasteiger partial charge in [0.2, 0.25) is 0 Å². The molecule has 1 amide bonds. The maximum absolute atomic E-state index is 12.3. The lowest BCUT2D eigenvalue weighted by molar-refractivity contribution is 0.102. The van der Waals surface area contributed by atoms with Crippen LogP contribution in [0.5, 0.6) is 0 Å². The van der Waals surface area contributed by atoms with E-state index >= 15 is 0 Å². The molecule has 0 saturated carbocycles. The van der Waals surface area contributed by atoms with E-state index in [1.54, 1.807) is 18.2 Å². The first-order valence-corrected chi connectivity index (χ1v) is 7.71. The van der Waals surface area contributed by atoms with Gasteiger partial charge in [0.1, 0.15) is 5.69 Å². The Bertz CT molecular complexity index is 842. The first kappa shape index (κ1) is 15.9. The van der Waals surface area contributed by atoms with Gasteiger partial charge in [0, 0.05) is 18.3 Å². The number of aromatic nitrogens is 3. The van der Waals surface area contributed by atoms with E-state index in [9.17, 15) is 4.79 Å². The number of aryl methyl sites for hydroxylation is 1. The Morgan fingerprint density at radius 1 is 1.17 bits per heavy atom. The quantitative estimate of drug-likeness (QED) is 0.755. The van der Waals surface area contributed by atoms with Crippen LogP contribution in [0.2, 0.25) is 0 Å². The summed E-state index contributed by atoms with van der Waals surface area (Å²) in [7, 11) is 0. The maximum atomic E-state index is 12.3. The second-order valence-electron chi connectivity index (χ2n) is 5.52. The lowest BCUT2D eigenvalue weighted by Gasteiger charge is -2.04. The Morgan fingerprint density at radius 2 is 1.96 bits per heavy atom. The van der Waals surface area contributed by atoms with Crippen molar-refractivity contribution in [2.24, 2.45) is 5.73 Å². The number of carbonyl (C=O) groups is 1. The molecule has 0 aliphatic carbocycles. The molecule has 0 atom stereocenters. The summed E-state index contributed by atoms with van der Waals surface area (Å²) in [5, 5.41) is 7.26. The van der Waals surface area contributed by atoms with E-state index < -0.39 is 0 Å². The molecule has 0 spiro atoms. The highest BCUT2D eigenvalue weighted by atomic mass is 16.2. The van der Waals surface area contributed by atoms with Crippen LogP contribution in [0.25, 0.3) is 0 Å². The predicted octanol–water partition coefficient (Wildman–Crippen LogP) is 2.35. The average Bonchev–Trinajstić information content (AvgIpc) is 2.95. The summed E-state index contributed by atoms with van der Waals surface area (Å²) in [5.74, 6) is 0.245. The number of hydrogen-bond acceptors (Lipinski definition) is 4. The summed E-state index contributed by atoms with van der Waals surface area (Å²) in [6.07, 6.45) is 1.91. The van der Waals surface area contributed by atoms with Crippen molar-refractivity contribution in [3.63, 3.8) is 0 Å². The smallest absolute Gasteiger partial charge is 0.275 e. The molecule has 6 heteroatoms.